The number of hydrogen-bond acceptors (Lipinski definition) is 6. The number of aliphatic imine (C=N–C) groups is 1. The van der Waals surface area contributed by atoms with Crippen LogP contribution >= 0.6 is 0 Å². The molecule has 38 heavy (non-hydrogen) atoms. The molecule has 2 aliphatic rings. The number of nitrogens with one attached hydrogen (secondary N) is 2. The Morgan fingerprint density at radius 3 is 2.47 bits per heavy atom. The molecule has 6 nitrogen and oxygen atoms in total. The van der Waals surface area contributed by atoms with Crippen LogP contribution < -0.4 is 10.6 Å². The Kier molecular flexibility index (Phi) is 7.05. The first-order chi connectivity index (χ1) is 18.2. The summed E-state index contributed by atoms with van der Waals surface area (Å²) in [7, 11) is 1.93. The normalized spacial score (nSPS) is 22.8. The number of piperazine rings is 1. The van der Waals surface area contributed by atoms with Gasteiger partial charge in [-0.15, -0.1) is 0 Å². The maximum atomic E-state index is 13.7. The van der Waals surface area contributed by atoms with Gasteiger partial charge >= 0.3 is 6.18 Å². The molecule has 0 amide bonds. The molecule has 3 aromatic rings. The zero-order valence-electron chi connectivity index (χ0n) is 21.8. The van der Waals surface area contributed by atoms with E-state index >= 15 is 0 Å². The average molecular weight is 523 g/mol. The molecule has 1 fully saturated rings. The van der Waals surface area contributed by atoms with Crippen LogP contribution in [0, 0.1) is 0 Å². The highest BCUT2D eigenvalue weighted by atomic mass is 19.4. The van der Waals surface area contributed by atoms with E-state index < -0.39 is 23.3 Å². The molecule has 2 aromatic carbocycles. The van der Waals surface area contributed by atoms with Crippen molar-refractivity contribution in [2.45, 2.75) is 37.6 Å². The number of halogens is 3. The maximum Gasteiger partial charge on any atom is 0.416 e. The Bertz CT molecular complexity index is 1290. The van der Waals surface area contributed by atoms with E-state index in [0.717, 1.165) is 49.3 Å². The molecule has 0 saturated carbocycles. The number of rotatable bonds is 5. The molecule has 0 bridgehead atoms. The molecule has 5 rings (SSSR count). The first kappa shape index (κ1) is 26.0. The molecule has 0 radical (unpaired) electrons. The van der Waals surface area contributed by atoms with Gasteiger partial charge in [0.15, 0.2) is 5.96 Å². The van der Waals surface area contributed by atoms with Crippen molar-refractivity contribution in [3.63, 3.8) is 0 Å². The average Bonchev–Trinajstić information content (AvgIpc) is 3.21. The third kappa shape index (κ3) is 4.95. The molecule has 2 aliphatic heterocycles. The number of likely N-dealkylation sites (N-methyl/N-ethyl adjacent to an activating group) is 1. The predicted octanol–water partition coefficient (Wildman–Crippen LogP) is 5.44. The van der Waals surface area contributed by atoms with Gasteiger partial charge in [-0.3, -0.25) is 0 Å². The number of guanidine groups is 1. The molecular formula is C29H33F3N6. The Morgan fingerprint density at radius 1 is 1.03 bits per heavy atom. The molecule has 0 aliphatic carbocycles. The van der Waals surface area contributed by atoms with Gasteiger partial charge in [-0.2, -0.15) is 13.2 Å². The largest absolute Gasteiger partial charge is 0.416 e. The van der Waals surface area contributed by atoms with Gasteiger partial charge in [0, 0.05) is 45.5 Å². The van der Waals surface area contributed by atoms with Gasteiger partial charge < -0.3 is 20.4 Å². The monoisotopic (exact) mass is 522 g/mol. The lowest BCUT2D eigenvalue weighted by Gasteiger charge is -2.41. The standard InChI is InChI=1S/C29H33F3N6/c1-20(21-8-5-4-6-9-21)35-25-18-22(12-13-34-25)26-28(2,23-10-7-11-24(19-23)29(30,31)32)37(3)27(36-26)38-16-14-33-15-17-38/h4-13,18-20,26,33H,14-17H2,1-3H3,(H,34,35)/t20-,26?,28?/m1/s1. The van der Waals surface area contributed by atoms with Crippen LogP contribution in [0.4, 0.5) is 19.0 Å². The third-order valence-corrected chi connectivity index (χ3v) is 7.71. The lowest BCUT2D eigenvalue weighted by Crippen LogP contribution is -2.53. The summed E-state index contributed by atoms with van der Waals surface area (Å²) in [5.74, 6) is 1.49. The molecule has 9 heteroatoms. The van der Waals surface area contributed by atoms with Crippen molar-refractivity contribution in [3.05, 3.63) is 95.2 Å². The quantitative estimate of drug-likeness (QED) is 0.468. The fourth-order valence-electron chi connectivity index (χ4n) is 5.38. The summed E-state index contributed by atoms with van der Waals surface area (Å²) >= 11 is 0. The van der Waals surface area contributed by atoms with Crippen molar-refractivity contribution in [1.29, 1.82) is 0 Å². The minimum atomic E-state index is -4.43. The minimum absolute atomic E-state index is 0.0277. The number of nitrogens with zero attached hydrogens (tertiary/aromatic N) is 4. The van der Waals surface area contributed by atoms with Gasteiger partial charge in [0.25, 0.3) is 0 Å². The molecule has 2 N–H and O–H groups in total. The summed E-state index contributed by atoms with van der Waals surface area (Å²) in [6.07, 6.45) is -2.69. The van der Waals surface area contributed by atoms with E-state index in [4.69, 9.17) is 4.99 Å². The van der Waals surface area contributed by atoms with Crippen molar-refractivity contribution >= 4 is 11.8 Å². The smallest absolute Gasteiger partial charge is 0.364 e. The van der Waals surface area contributed by atoms with Crippen LogP contribution in [0.2, 0.25) is 0 Å². The number of hydrogen-bond donors (Lipinski definition) is 2. The first-order valence-corrected chi connectivity index (χ1v) is 12.9. The van der Waals surface area contributed by atoms with E-state index in [2.05, 4.69) is 39.6 Å². The number of alkyl halides is 3. The Hall–Kier alpha value is -3.59. The van der Waals surface area contributed by atoms with E-state index in [1.54, 1.807) is 12.3 Å². The molecule has 2 unspecified atom stereocenters. The van der Waals surface area contributed by atoms with E-state index in [1.165, 1.54) is 12.1 Å². The van der Waals surface area contributed by atoms with Crippen LogP contribution in [0.25, 0.3) is 0 Å². The van der Waals surface area contributed by atoms with E-state index in [9.17, 15) is 13.2 Å². The highest BCUT2D eigenvalue weighted by Gasteiger charge is 2.49. The van der Waals surface area contributed by atoms with Gasteiger partial charge in [0.2, 0.25) is 0 Å². The summed E-state index contributed by atoms with van der Waals surface area (Å²) in [4.78, 5) is 13.9. The van der Waals surface area contributed by atoms with Crippen LogP contribution in [0.5, 0.6) is 0 Å². The summed E-state index contributed by atoms with van der Waals surface area (Å²) in [6, 6.07) is 19.2. The van der Waals surface area contributed by atoms with E-state index in [-0.39, 0.29) is 6.04 Å². The van der Waals surface area contributed by atoms with E-state index in [0.29, 0.717) is 11.4 Å². The lowest BCUT2D eigenvalue weighted by molar-refractivity contribution is -0.137. The first-order valence-electron chi connectivity index (χ1n) is 12.9. The fourth-order valence-corrected chi connectivity index (χ4v) is 5.38. The third-order valence-electron chi connectivity index (χ3n) is 7.71. The van der Waals surface area contributed by atoms with Crippen LogP contribution in [0.3, 0.4) is 0 Å². The highest BCUT2D eigenvalue weighted by molar-refractivity contribution is 5.84. The van der Waals surface area contributed by atoms with Gasteiger partial charge in [0.1, 0.15) is 11.9 Å². The van der Waals surface area contributed by atoms with E-state index in [1.807, 2.05) is 49.2 Å². The van der Waals surface area contributed by atoms with Crippen molar-refractivity contribution in [3.8, 4) is 0 Å². The summed E-state index contributed by atoms with van der Waals surface area (Å²) in [6.45, 7) is 7.28. The van der Waals surface area contributed by atoms with Crippen molar-refractivity contribution in [1.82, 2.24) is 20.1 Å². The van der Waals surface area contributed by atoms with Crippen LogP contribution in [-0.4, -0.2) is 54.0 Å². The number of pyridine rings is 1. The molecule has 1 saturated heterocycles. The lowest BCUT2D eigenvalue weighted by atomic mass is 9.80. The Morgan fingerprint density at radius 2 is 1.76 bits per heavy atom. The van der Waals surface area contributed by atoms with Crippen molar-refractivity contribution in [2.24, 2.45) is 4.99 Å². The van der Waals surface area contributed by atoms with Crippen molar-refractivity contribution < 1.29 is 13.2 Å². The summed E-state index contributed by atoms with van der Waals surface area (Å²) < 4.78 is 41.1. The van der Waals surface area contributed by atoms with Gasteiger partial charge in [-0.05, 0) is 54.8 Å². The second kappa shape index (κ2) is 10.3. The molecule has 200 valence electrons. The van der Waals surface area contributed by atoms with Crippen LogP contribution in [-0.2, 0) is 11.7 Å². The second-order valence-electron chi connectivity index (χ2n) is 10.1. The molecule has 3 atom stereocenters. The predicted molar refractivity (Wildman–Crippen MR) is 144 cm³/mol. The molecule has 3 heterocycles. The maximum absolute atomic E-state index is 13.7. The highest BCUT2D eigenvalue weighted by Crippen LogP contribution is 2.48. The minimum Gasteiger partial charge on any atom is -0.364 e. The number of aromatic nitrogens is 1. The number of anilines is 1. The van der Waals surface area contributed by atoms with Crippen LogP contribution in [0.1, 0.15) is 48.2 Å². The molecule has 1 aromatic heterocycles. The summed E-state index contributed by atoms with van der Waals surface area (Å²) in [5, 5.41) is 6.82. The Labute approximate surface area is 221 Å². The fraction of sp³-hybridized carbons (Fsp3) is 0.379. The van der Waals surface area contributed by atoms with Crippen LogP contribution in [0.15, 0.2) is 77.9 Å². The topological polar surface area (TPSA) is 55.8 Å². The molecular weight excluding hydrogens is 489 g/mol. The molecule has 0 spiro atoms. The number of benzene rings is 2. The zero-order chi connectivity index (χ0) is 26.9. The second-order valence-corrected chi connectivity index (χ2v) is 10.1. The van der Waals surface area contributed by atoms with Crippen molar-refractivity contribution in [2.75, 3.05) is 38.5 Å². The Balaban J connectivity index is 1.54. The van der Waals surface area contributed by atoms with Gasteiger partial charge in [-0.1, -0.05) is 42.5 Å². The SMILES string of the molecule is C[C@@H](Nc1cc(C2N=C(N3CCNCC3)N(C)C2(C)c2cccc(C(F)(F)F)c2)ccn1)c1ccccc1. The zero-order valence-corrected chi connectivity index (χ0v) is 21.8. The van der Waals surface area contributed by atoms with Gasteiger partial charge in [0.05, 0.1) is 11.1 Å². The summed E-state index contributed by atoms with van der Waals surface area (Å²) in [5.41, 5.74) is 1.09. The van der Waals surface area contributed by atoms with Gasteiger partial charge in [-0.25, -0.2) is 9.98 Å².